The van der Waals surface area contributed by atoms with E-state index in [1.54, 1.807) is 6.92 Å². The second-order valence-electron chi connectivity index (χ2n) is 6.01. The van der Waals surface area contributed by atoms with E-state index in [0.29, 0.717) is 12.5 Å². The lowest BCUT2D eigenvalue weighted by atomic mass is 10.1. The number of hydrogen-bond donors (Lipinski definition) is 2. The fourth-order valence-electron chi connectivity index (χ4n) is 3.07. The highest BCUT2D eigenvalue weighted by Gasteiger charge is 2.23. The number of nitrogens with zero attached hydrogens (tertiary/aromatic N) is 1. The van der Waals surface area contributed by atoms with Crippen LogP contribution in [0.5, 0.6) is 0 Å². The minimum Gasteiger partial charge on any atom is -0.345 e. The van der Waals surface area contributed by atoms with Crippen molar-refractivity contribution in [1.29, 1.82) is 0 Å². The van der Waals surface area contributed by atoms with Crippen LogP contribution in [0.15, 0.2) is 0 Å². The normalized spacial score (nSPS) is 24.4. The average Bonchev–Trinajstić information content (AvgIpc) is 2.98. The van der Waals surface area contributed by atoms with Gasteiger partial charge in [-0.15, -0.1) is 0 Å². The molecule has 2 heterocycles. The van der Waals surface area contributed by atoms with Crippen molar-refractivity contribution < 1.29 is 9.59 Å². The summed E-state index contributed by atoms with van der Waals surface area (Å²) in [5.41, 5.74) is 0. The average molecular weight is 281 g/mol. The Kier molecular flexibility index (Phi) is 5.83. The van der Waals surface area contributed by atoms with Crippen LogP contribution in [-0.2, 0) is 9.59 Å². The Balaban J connectivity index is 1.67. The zero-order chi connectivity index (χ0) is 14.4. The van der Waals surface area contributed by atoms with Gasteiger partial charge in [0, 0.05) is 25.6 Å². The topological polar surface area (TPSA) is 61.4 Å². The van der Waals surface area contributed by atoms with Gasteiger partial charge in [-0.25, -0.2) is 0 Å². The van der Waals surface area contributed by atoms with Gasteiger partial charge in [0.25, 0.3) is 0 Å². The van der Waals surface area contributed by atoms with Gasteiger partial charge < -0.3 is 15.5 Å². The summed E-state index contributed by atoms with van der Waals surface area (Å²) < 4.78 is 0. The maximum absolute atomic E-state index is 12.2. The molecule has 2 aliphatic rings. The van der Waals surface area contributed by atoms with Gasteiger partial charge >= 0.3 is 0 Å². The SMILES string of the molecule is CC(NC(=O)CCC1CCCN1)C(=O)N1CCCCC1. The van der Waals surface area contributed by atoms with E-state index in [1.807, 2.05) is 4.90 Å². The molecule has 0 aromatic rings. The van der Waals surface area contributed by atoms with E-state index in [1.165, 1.54) is 12.8 Å². The summed E-state index contributed by atoms with van der Waals surface area (Å²) in [6.07, 6.45) is 7.12. The molecule has 2 unspecified atom stereocenters. The van der Waals surface area contributed by atoms with Crippen molar-refractivity contribution >= 4 is 11.8 Å². The zero-order valence-corrected chi connectivity index (χ0v) is 12.5. The summed E-state index contributed by atoms with van der Waals surface area (Å²) >= 11 is 0. The first-order valence-corrected chi connectivity index (χ1v) is 7.98. The number of amides is 2. The van der Waals surface area contributed by atoms with E-state index in [4.69, 9.17) is 0 Å². The smallest absolute Gasteiger partial charge is 0.244 e. The summed E-state index contributed by atoms with van der Waals surface area (Å²) in [6.45, 7) is 4.54. The number of piperidine rings is 1. The largest absolute Gasteiger partial charge is 0.345 e. The van der Waals surface area contributed by atoms with Crippen molar-refractivity contribution in [3.63, 3.8) is 0 Å². The van der Waals surface area contributed by atoms with Gasteiger partial charge in [0.05, 0.1) is 0 Å². The molecule has 114 valence electrons. The highest BCUT2D eigenvalue weighted by Crippen LogP contribution is 2.12. The van der Waals surface area contributed by atoms with Crippen molar-refractivity contribution in [2.75, 3.05) is 19.6 Å². The molecule has 0 aromatic heterocycles. The molecule has 20 heavy (non-hydrogen) atoms. The molecule has 0 radical (unpaired) electrons. The predicted molar refractivity (Wildman–Crippen MR) is 78.3 cm³/mol. The molecule has 2 atom stereocenters. The number of hydrogen-bond acceptors (Lipinski definition) is 3. The molecule has 0 saturated carbocycles. The molecule has 2 aliphatic heterocycles. The van der Waals surface area contributed by atoms with Crippen LogP contribution in [0, 0.1) is 0 Å². The zero-order valence-electron chi connectivity index (χ0n) is 12.5. The molecule has 0 spiro atoms. The number of carbonyl (C=O) groups excluding carboxylic acids is 2. The van der Waals surface area contributed by atoms with Crippen LogP contribution in [0.4, 0.5) is 0 Å². The lowest BCUT2D eigenvalue weighted by molar-refractivity contribution is -0.136. The van der Waals surface area contributed by atoms with Gasteiger partial charge in [0.1, 0.15) is 6.04 Å². The summed E-state index contributed by atoms with van der Waals surface area (Å²) in [5.74, 6) is 0.0635. The maximum Gasteiger partial charge on any atom is 0.244 e. The number of carbonyl (C=O) groups is 2. The lowest BCUT2D eigenvalue weighted by Gasteiger charge is -2.29. The first-order chi connectivity index (χ1) is 9.66. The Morgan fingerprint density at radius 1 is 1.25 bits per heavy atom. The highest BCUT2D eigenvalue weighted by atomic mass is 16.2. The van der Waals surface area contributed by atoms with E-state index < -0.39 is 6.04 Å². The van der Waals surface area contributed by atoms with Gasteiger partial charge in [0.2, 0.25) is 11.8 Å². The molecule has 2 rings (SSSR count). The van der Waals surface area contributed by atoms with E-state index in [2.05, 4.69) is 10.6 Å². The van der Waals surface area contributed by atoms with Gasteiger partial charge in [0.15, 0.2) is 0 Å². The van der Waals surface area contributed by atoms with Crippen molar-refractivity contribution in [2.24, 2.45) is 0 Å². The van der Waals surface area contributed by atoms with Crippen LogP contribution in [0.3, 0.4) is 0 Å². The standard InChI is InChI=1S/C15H27N3O2/c1-12(15(20)18-10-3-2-4-11-18)17-14(19)8-7-13-6-5-9-16-13/h12-13,16H,2-11H2,1H3,(H,17,19). The van der Waals surface area contributed by atoms with E-state index in [-0.39, 0.29) is 11.8 Å². The lowest BCUT2D eigenvalue weighted by Crippen LogP contribution is -2.48. The molecule has 2 fully saturated rings. The van der Waals surface area contributed by atoms with Crippen molar-refractivity contribution in [3.05, 3.63) is 0 Å². The third-order valence-electron chi connectivity index (χ3n) is 4.30. The third kappa shape index (κ3) is 4.47. The maximum atomic E-state index is 12.2. The van der Waals surface area contributed by atoms with Gasteiger partial charge in [-0.1, -0.05) is 0 Å². The molecular weight excluding hydrogens is 254 g/mol. The number of likely N-dealkylation sites (tertiary alicyclic amines) is 1. The quantitative estimate of drug-likeness (QED) is 0.791. The molecule has 5 nitrogen and oxygen atoms in total. The summed E-state index contributed by atoms with van der Waals surface area (Å²) in [7, 11) is 0. The van der Waals surface area contributed by atoms with Crippen LogP contribution in [-0.4, -0.2) is 48.4 Å². The Bertz CT molecular complexity index is 334. The summed E-state index contributed by atoms with van der Waals surface area (Å²) in [5, 5.41) is 6.23. The fraction of sp³-hybridized carbons (Fsp3) is 0.867. The van der Waals surface area contributed by atoms with Crippen LogP contribution in [0.2, 0.25) is 0 Å². The van der Waals surface area contributed by atoms with E-state index >= 15 is 0 Å². The molecule has 2 amide bonds. The summed E-state index contributed by atoms with van der Waals surface area (Å²) in [4.78, 5) is 26.0. The minimum absolute atomic E-state index is 0.00319. The fourth-order valence-corrected chi connectivity index (χ4v) is 3.07. The first kappa shape index (κ1) is 15.3. The van der Waals surface area contributed by atoms with Crippen LogP contribution >= 0.6 is 0 Å². The molecule has 5 heteroatoms. The molecular formula is C15H27N3O2. The molecule has 2 N–H and O–H groups in total. The third-order valence-corrected chi connectivity index (χ3v) is 4.30. The molecule has 0 aromatic carbocycles. The molecule has 0 aliphatic carbocycles. The number of nitrogens with one attached hydrogen (secondary N) is 2. The Morgan fingerprint density at radius 2 is 2.00 bits per heavy atom. The Morgan fingerprint density at radius 3 is 2.65 bits per heavy atom. The van der Waals surface area contributed by atoms with Gasteiger partial charge in [-0.3, -0.25) is 9.59 Å². The monoisotopic (exact) mass is 281 g/mol. The minimum atomic E-state index is -0.392. The van der Waals surface area contributed by atoms with Crippen LogP contribution in [0.1, 0.15) is 51.9 Å². The highest BCUT2D eigenvalue weighted by molar-refractivity contribution is 5.87. The first-order valence-electron chi connectivity index (χ1n) is 7.98. The second-order valence-corrected chi connectivity index (χ2v) is 6.01. The number of rotatable bonds is 5. The van der Waals surface area contributed by atoms with E-state index in [0.717, 1.165) is 45.3 Å². The summed E-state index contributed by atoms with van der Waals surface area (Å²) in [6, 6.07) is 0.0889. The van der Waals surface area contributed by atoms with Crippen LogP contribution < -0.4 is 10.6 Å². The van der Waals surface area contributed by atoms with Crippen molar-refractivity contribution in [1.82, 2.24) is 15.5 Å². The van der Waals surface area contributed by atoms with Gasteiger partial charge in [-0.2, -0.15) is 0 Å². The van der Waals surface area contributed by atoms with Crippen LogP contribution in [0.25, 0.3) is 0 Å². The molecule has 0 bridgehead atoms. The van der Waals surface area contributed by atoms with Crippen molar-refractivity contribution in [3.8, 4) is 0 Å². The Hall–Kier alpha value is -1.10. The Labute approximate surface area is 121 Å². The predicted octanol–water partition coefficient (Wildman–Crippen LogP) is 1.04. The molecule has 2 saturated heterocycles. The van der Waals surface area contributed by atoms with Gasteiger partial charge in [-0.05, 0) is 52.0 Å². The van der Waals surface area contributed by atoms with Crippen molar-refractivity contribution in [2.45, 2.75) is 64.0 Å². The second kappa shape index (κ2) is 7.62. The van der Waals surface area contributed by atoms with E-state index in [9.17, 15) is 9.59 Å².